The third kappa shape index (κ3) is 5.16. The van der Waals surface area contributed by atoms with Crippen molar-refractivity contribution >= 4 is 32.6 Å². The number of ketones is 1. The van der Waals surface area contributed by atoms with Crippen molar-refractivity contribution < 1.29 is 22.4 Å². The maximum absolute atomic E-state index is 12.4. The number of carbonyl (C=O) groups excluding carboxylic acids is 2. The number of nitrogens with zero attached hydrogens (tertiary/aromatic N) is 1. The number of Topliss-reactive ketones (excluding diaryl/α,β-unsaturated/α-hetero) is 1. The molecule has 0 saturated carbocycles. The molecular formula is C29H31N3O5S. The standard InChI is InChI=1S/C29H31N3O5S/c1-2-38(35,36)32-12-10-20(11-13-32)25-18-31-28-23(25)16-22(17-24(28)29(30)34)21-6-3-5-19(15-21)8-9-26(33)27-7-4-14-37-27/h3-7,14-18,20,31H,2,8-13H2,1H3,(H2,30,34). The minimum atomic E-state index is -3.21. The van der Waals surface area contributed by atoms with E-state index < -0.39 is 15.9 Å². The summed E-state index contributed by atoms with van der Waals surface area (Å²) < 4.78 is 31.4. The number of primary amides is 1. The van der Waals surface area contributed by atoms with Crippen LogP contribution < -0.4 is 5.73 Å². The normalized spacial score (nSPS) is 15.2. The quantitative estimate of drug-likeness (QED) is 0.297. The summed E-state index contributed by atoms with van der Waals surface area (Å²) in [5.74, 6) is 0.0614. The van der Waals surface area contributed by atoms with Crippen LogP contribution in [0.4, 0.5) is 0 Å². The Labute approximate surface area is 221 Å². The molecule has 9 heteroatoms. The lowest BCUT2D eigenvalue weighted by Gasteiger charge is -2.31. The van der Waals surface area contributed by atoms with Crippen molar-refractivity contribution in [1.82, 2.24) is 9.29 Å². The van der Waals surface area contributed by atoms with Crippen LogP contribution in [-0.4, -0.2) is 48.2 Å². The summed E-state index contributed by atoms with van der Waals surface area (Å²) in [6.07, 6.45) is 5.73. The molecule has 1 aliphatic heterocycles. The Hall–Kier alpha value is -3.69. The number of sulfonamides is 1. The molecule has 0 aliphatic carbocycles. The molecule has 0 radical (unpaired) electrons. The van der Waals surface area contributed by atoms with Crippen LogP contribution in [0.5, 0.6) is 0 Å². The molecule has 2 aromatic heterocycles. The molecule has 0 unspecified atom stereocenters. The van der Waals surface area contributed by atoms with Gasteiger partial charge in [0.15, 0.2) is 11.5 Å². The number of nitrogens with two attached hydrogens (primary N) is 1. The second kappa shape index (κ2) is 10.6. The van der Waals surface area contributed by atoms with Gasteiger partial charge in [-0.2, -0.15) is 0 Å². The molecule has 1 saturated heterocycles. The molecule has 3 heterocycles. The maximum atomic E-state index is 12.4. The fourth-order valence-corrected chi connectivity index (χ4v) is 6.44. The molecule has 1 amide bonds. The van der Waals surface area contributed by atoms with Gasteiger partial charge in [0.1, 0.15) is 0 Å². The van der Waals surface area contributed by atoms with Gasteiger partial charge in [0, 0.05) is 31.1 Å². The molecule has 1 fully saturated rings. The molecule has 38 heavy (non-hydrogen) atoms. The van der Waals surface area contributed by atoms with Crippen LogP contribution in [0.2, 0.25) is 0 Å². The van der Waals surface area contributed by atoms with Crippen LogP contribution in [0, 0.1) is 0 Å². The van der Waals surface area contributed by atoms with Crippen molar-refractivity contribution in [2.75, 3.05) is 18.8 Å². The number of H-pyrrole nitrogens is 1. The average molecular weight is 534 g/mol. The lowest BCUT2D eigenvalue weighted by atomic mass is 9.88. The Morgan fingerprint density at radius 1 is 1.08 bits per heavy atom. The van der Waals surface area contributed by atoms with E-state index >= 15 is 0 Å². The highest BCUT2D eigenvalue weighted by molar-refractivity contribution is 7.89. The molecule has 4 aromatic rings. The number of hydrogen-bond donors (Lipinski definition) is 2. The predicted molar refractivity (Wildman–Crippen MR) is 147 cm³/mol. The molecule has 0 bridgehead atoms. The number of piperidine rings is 1. The van der Waals surface area contributed by atoms with E-state index in [1.807, 2.05) is 30.5 Å². The number of aryl methyl sites for hydroxylation is 1. The number of benzene rings is 2. The molecule has 0 atom stereocenters. The monoisotopic (exact) mass is 533 g/mol. The number of fused-ring (bicyclic) bond motifs is 1. The topological polar surface area (TPSA) is 126 Å². The van der Waals surface area contributed by atoms with E-state index in [0.717, 1.165) is 27.6 Å². The van der Waals surface area contributed by atoms with Crippen molar-refractivity contribution in [2.45, 2.75) is 38.5 Å². The van der Waals surface area contributed by atoms with E-state index in [0.29, 0.717) is 55.6 Å². The van der Waals surface area contributed by atoms with E-state index in [9.17, 15) is 18.0 Å². The van der Waals surface area contributed by atoms with E-state index in [1.54, 1.807) is 29.4 Å². The zero-order valence-electron chi connectivity index (χ0n) is 21.3. The van der Waals surface area contributed by atoms with Gasteiger partial charge < -0.3 is 15.1 Å². The SMILES string of the molecule is CCS(=O)(=O)N1CCC(c2c[nH]c3c(C(N)=O)cc(-c4cccc(CCC(=O)c5ccco5)c4)cc23)CC1. The van der Waals surface area contributed by atoms with Crippen LogP contribution in [-0.2, 0) is 16.4 Å². The molecule has 8 nitrogen and oxygen atoms in total. The van der Waals surface area contributed by atoms with E-state index in [4.69, 9.17) is 10.2 Å². The zero-order valence-corrected chi connectivity index (χ0v) is 22.1. The van der Waals surface area contributed by atoms with Gasteiger partial charge >= 0.3 is 0 Å². The molecule has 198 valence electrons. The molecule has 3 N–H and O–H groups in total. The summed E-state index contributed by atoms with van der Waals surface area (Å²) in [7, 11) is -3.21. The number of aromatic nitrogens is 1. The van der Waals surface area contributed by atoms with Crippen LogP contribution >= 0.6 is 0 Å². The van der Waals surface area contributed by atoms with Crippen molar-refractivity contribution in [3.8, 4) is 11.1 Å². The number of carbonyl (C=O) groups is 2. The van der Waals surface area contributed by atoms with Crippen LogP contribution in [0.25, 0.3) is 22.0 Å². The Balaban J connectivity index is 1.43. The first-order chi connectivity index (χ1) is 18.3. The van der Waals surface area contributed by atoms with Crippen molar-refractivity contribution in [2.24, 2.45) is 5.73 Å². The molecule has 0 spiro atoms. The third-order valence-electron chi connectivity index (χ3n) is 7.44. The van der Waals surface area contributed by atoms with Gasteiger partial charge in [-0.15, -0.1) is 0 Å². The zero-order chi connectivity index (χ0) is 26.9. The number of aromatic amines is 1. The smallest absolute Gasteiger partial charge is 0.250 e. The minimum absolute atomic E-state index is 0.0485. The number of amides is 1. The predicted octanol–water partition coefficient (Wildman–Crippen LogP) is 4.87. The first-order valence-corrected chi connectivity index (χ1v) is 14.5. The summed E-state index contributed by atoms with van der Waals surface area (Å²) in [6, 6.07) is 15.2. The lowest BCUT2D eigenvalue weighted by Crippen LogP contribution is -2.38. The summed E-state index contributed by atoms with van der Waals surface area (Å²) in [5, 5.41) is 0.923. The van der Waals surface area contributed by atoms with E-state index in [1.165, 1.54) is 6.26 Å². The maximum Gasteiger partial charge on any atom is 0.250 e. The minimum Gasteiger partial charge on any atom is -0.461 e. The molecule has 5 rings (SSSR count). The highest BCUT2D eigenvalue weighted by atomic mass is 32.2. The van der Waals surface area contributed by atoms with E-state index in [-0.39, 0.29) is 17.5 Å². The fourth-order valence-electron chi connectivity index (χ4n) is 5.30. The van der Waals surface area contributed by atoms with Gasteiger partial charge in [-0.25, -0.2) is 12.7 Å². The van der Waals surface area contributed by atoms with Gasteiger partial charge in [0.25, 0.3) is 5.91 Å². The number of furan rings is 1. The van der Waals surface area contributed by atoms with Crippen molar-refractivity contribution in [3.05, 3.63) is 83.4 Å². The highest BCUT2D eigenvalue weighted by Crippen LogP contribution is 2.37. The van der Waals surface area contributed by atoms with Crippen molar-refractivity contribution in [3.63, 3.8) is 0 Å². The number of hydrogen-bond acceptors (Lipinski definition) is 5. The van der Waals surface area contributed by atoms with E-state index in [2.05, 4.69) is 11.1 Å². The van der Waals surface area contributed by atoms with Crippen LogP contribution in [0.1, 0.15) is 64.1 Å². The number of rotatable bonds is 9. The second-order valence-electron chi connectivity index (χ2n) is 9.73. The largest absolute Gasteiger partial charge is 0.461 e. The fraction of sp³-hybridized carbons (Fsp3) is 0.310. The van der Waals surface area contributed by atoms with Crippen LogP contribution in [0.15, 0.2) is 65.4 Å². The average Bonchev–Trinajstić information content (AvgIpc) is 3.62. The molecule has 1 aliphatic rings. The van der Waals surface area contributed by atoms with Gasteiger partial charge in [0.2, 0.25) is 10.0 Å². The summed E-state index contributed by atoms with van der Waals surface area (Å²) in [4.78, 5) is 28.0. The molecular weight excluding hydrogens is 502 g/mol. The summed E-state index contributed by atoms with van der Waals surface area (Å²) in [5.41, 5.74) is 10.7. The second-order valence-corrected chi connectivity index (χ2v) is 12.0. The molecule has 2 aromatic carbocycles. The lowest BCUT2D eigenvalue weighted by molar-refractivity contribution is 0.0954. The summed E-state index contributed by atoms with van der Waals surface area (Å²) in [6.45, 7) is 2.63. The third-order valence-corrected chi connectivity index (χ3v) is 9.32. The van der Waals surface area contributed by atoms with Crippen LogP contribution in [0.3, 0.4) is 0 Å². The first kappa shape index (κ1) is 25.9. The Morgan fingerprint density at radius 2 is 1.87 bits per heavy atom. The Bertz CT molecular complexity index is 1580. The van der Waals surface area contributed by atoms with Crippen molar-refractivity contribution in [1.29, 1.82) is 0 Å². The summed E-state index contributed by atoms with van der Waals surface area (Å²) >= 11 is 0. The highest BCUT2D eigenvalue weighted by Gasteiger charge is 2.29. The van der Waals surface area contributed by atoms with Gasteiger partial charge in [-0.3, -0.25) is 9.59 Å². The van der Waals surface area contributed by atoms with Gasteiger partial charge in [-0.05, 0) is 78.6 Å². The van der Waals surface area contributed by atoms with Gasteiger partial charge in [-0.1, -0.05) is 24.3 Å². The first-order valence-electron chi connectivity index (χ1n) is 12.9. The Kier molecular flexibility index (Phi) is 7.23. The Morgan fingerprint density at radius 3 is 2.55 bits per heavy atom. The van der Waals surface area contributed by atoms with Gasteiger partial charge in [0.05, 0.1) is 23.1 Å². The number of nitrogens with one attached hydrogen (secondary N) is 1.